The molecule has 0 bridgehead atoms. The fourth-order valence-electron chi connectivity index (χ4n) is 4.02. The monoisotopic (exact) mass is 330 g/mol. The highest BCUT2D eigenvalue weighted by atomic mass is 15.1. The van der Waals surface area contributed by atoms with Crippen molar-refractivity contribution in [3.05, 3.63) is 95.8 Å². The Morgan fingerprint density at radius 2 is 1.44 bits per heavy atom. The number of hydrogen-bond donors (Lipinski definition) is 0. The van der Waals surface area contributed by atoms with Crippen LogP contribution in [0, 0.1) is 0 Å². The molecule has 4 rings (SSSR count). The van der Waals surface area contributed by atoms with Gasteiger partial charge in [-0.25, -0.2) is 0 Å². The van der Waals surface area contributed by atoms with Crippen molar-refractivity contribution in [1.29, 1.82) is 0 Å². The van der Waals surface area contributed by atoms with Crippen molar-refractivity contribution in [2.24, 2.45) is 0 Å². The van der Waals surface area contributed by atoms with E-state index in [2.05, 4.69) is 88.5 Å². The molecular weight excluding hydrogens is 304 g/mol. The Balaban J connectivity index is 1.53. The second-order valence-electron chi connectivity index (χ2n) is 7.11. The van der Waals surface area contributed by atoms with Gasteiger partial charge in [0.05, 0.1) is 0 Å². The fourth-order valence-corrected chi connectivity index (χ4v) is 4.02. The molecule has 1 aromatic heterocycles. The van der Waals surface area contributed by atoms with E-state index in [4.69, 9.17) is 0 Å². The van der Waals surface area contributed by atoms with Gasteiger partial charge < -0.3 is 4.57 Å². The Bertz CT molecular complexity index is 735. The maximum absolute atomic E-state index is 2.61. The van der Waals surface area contributed by atoms with Gasteiger partial charge in [-0.1, -0.05) is 60.7 Å². The van der Waals surface area contributed by atoms with E-state index in [9.17, 15) is 0 Å². The predicted molar refractivity (Wildman–Crippen MR) is 103 cm³/mol. The number of benzene rings is 2. The smallest absolute Gasteiger partial charge is 0.0237 e. The molecule has 25 heavy (non-hydrogen) atoms. The van der Waals surface area contributed by atoms with Gasteiger partial charge in [0.2, 0.25) is 0 Å². The molecule has 0 saturated heterocycles. The molecule has 0 aliphatic carbocycles. The highest BCUT2D eigenvalue weighted by molar-refractivity contribution is 5.19. The van der Waals surface area contributed by atoms with Crippen LogP contribution in [0.2, 0.25) is 0 Å². The van der Waals surface area contributed by atoms with Gasteiger partial charge >= 0.3 is 0 Å². The number of fused-ring (bicyclic) bond motifs is 1. The molecule has 0 N–H and O–H groups in total. The van der Waals surface area contributed by atoms with Crippen molar-refractivity contribution < 1.29 is 0 Å². The van der Waals surface area contributed by atoms with Crippen molar-refractivity contribution in [1.82, 2.24) is 9.47 Å². The maximum Gasteiger partial charge on any atom is 0.0237 e. The number of nitrogens with zero attached hydrogens (tertiary/aromatic N) is 2. The minimum Gasteiger partial charge on any atom is -0.351 e. The van der Waals surface area contributed by atoms with Gasteiger partial charge in [-0.2, -0.15) is 0 Å². The van der Waals surface area contributed by atoms with Gasteiger partial charge in [0.25, 0.3) is 0 Å². The van der Waals surface area contributed by atoms with E-state index in [-0.39, 0.29) is 0 Å². The summed E-state index contributed by atoms with van der Waals surface area (Å²) in [5, 5.41) is 0. The van der Waals surface area contributed by atoms with Crippen LogP contribution in [-0.4, -0.2) is 16.0 Å². The summed E-state index contributed by atoms with van der Waals surface area (Å²) in [5.74, 6) is 0.635. The third-order valence-electron chi connectivity index (χ3n) is 5.21. The SMILES string of the molecule is c1ccc(CN(Cc2ccccc2)CC2CCCn3cccc32)cc1. The van der Waals surface area contributed by atoms with Gasteiger partial charge in [-0.05, 0) is 36.1 Å². The molecule has 0 saturated carbocycles. The second-order valence-corrected chi connectivity index (χ2v) is 7.11. The number of hydrogen-bond acceptors (Lipinski definition) is 1. The summed E-state index contributed by atoms with van der Waals surface area (Å²) < 4.78 is 2.44. The summed E-state index contributed by atoms with van der Waals surface area (Å²) in [6, 6.07) is 26.2. The van der Waals surface area contributed by atoms with Crippen LogP contribution in [0.1, 0.15) is 35.6 Å². The lowest BCUT2D eigenvalue weighted by molar-refractivity contribution is 0.224. The van der Waals surface area contributed by atoms with E-state index in [1.165, 1.54) is 36.2 Å². The van der Waals surface area contributed by atoms with E-state index < -0.39 is 0 Å². The Labute approximate surface area is 150 Å². The van der Waals surface area contributed by atoms with Gasteiger partial charge in [-0.15, -0.1) is 0 Å². The zero-order valence-electron chi connectivity index (χ0n) is 14.7. The molecule has 0 radical (unpaired) electrons. The lowest BCUT2D eigenvalue weighted by Gasteiger charge is -2.31. The van der Waals surface area contributed by atoms with Crippen LogP contribution in [0.5, 0.6) is 0 Å². The normalized spacial score (nSPS) is 16.8. The third kappa shape index (κ3) is 4.02. The minimum absolute atomic E-state index is 0.635. The van der Waals surface area contributed by atoms with E-state index in [1.807, 2.05) is 0 Å². The van der Waals surface area contributed by atoms with Crippen molar-refractivity contribution >= 4 is 0 Å². The molecule has 2 aromatic carbocycles. The summed E-state index contributed by atoms with van der Waals surface area (Å²) >= 11 is 0. The first-order valence-electron chi connectivity index (χ1n) is 9.34. The quantitative estimate of drug-likeness (QED) is 0.613. The van der Waals surface area contributed by atoms with Crippen molar-refractivity contribution in [2.75, 3.05) is 6.54 Å². The third-order valence-corrected chi connectivity index (χ3v) is 5.21. The Morgan fingerprint density at radius 3 is 2.08 bits per heavy atom. The molecule has 1 unspecified atom stereocenters. The van der Waals surface area contributed by atoms with Crippen molar-refractivity contribution in [3.8, 4) is 0 Å². The van der Waals surface area contributed by atoms with Gasteiger partial charge in [0.15, 0.2) is 0 Å². The summed E-state index contributed by atoms with van der Waals surface area (Å²) in [5.41, 5.74) is 4.30. The van der Waals surface area contributed by atoms with Gasteiger partial charge in [0, 0.05) is 44.0 Å². The number of rotatable bonds is 6. The predicted octanol–water partition coefficient (Wildman–Crippen LogP) is 5.07. The first-order chi connectivity index (χ1) is 12.4. The molecule has 0 spiro atoms. The Kier molecular flexibility index (Phi) is 4.98. The van der Waals surface area contributed by atoms with Crippen LogP contribution in [0.3, 0.4) is 0 Å². The van der Waals surface area contributed by atoms with Crippen LogP contribution < -0.4 is 0 Å². The second kappa shape index (κ2) is 7.71. The topological polar surface area (TPSA) is 8.17 Å². The molecule has 1 atom stereocenters. The minimum atomic E-state index is 0.635. The van der Waals surface area contributed by atoms with Crippen LogP contribution >= 0.6 is 0 Å². The molecule has 1 aliphatic heterocycles. The van der Waals surface area contributed by atoms with Crippen LogP contribution in [0.25, 0.3) is 0 Å². The Hall–Kier alpha value is -2.32. The largest absolute Gasteiger partial charge is 0.351 e. The lowest BCUT2D eigenvalue weighted by Crippen LogP contribution is -2.30. The summed E-state index contributed by atoms with van der Waals surface area (Å²) in [6.45, 7) is 4.31. The molecule has 2 heteroatoms. The van der Waals surface area contributed by atoms with E-state index >= 15 is 0 Å². The summed E-state index contributed by atoms with van der Waals surface area (Å²) in [6.07, 6.45) is 4.82. The Morgan fingerprint density at radius 1 is 0.800 bits per heavy atom. The average molecular weight is 330 g/mol. The van der Waals surface area contributed by atoms with Crippen molar-refractivity contribution in [3.63, 3.8) is 0 Å². The van der Waals surface area contributed by atoms with Crippen LogP contribution in [0.15, 0.2) is 79.0 Å². The first-order valence-corrected chi connectivity index (χ1v) is 9.34. The first kappa shape index (κ1) is 16.2. The van der Waals surface area contributed by atoms with E-state index in [1.54, 1.807) is 0 Å². The van der Waals surface area contributed by atoms with Crippen LogP contribution in [0.4, 0.5) is 0 Å². The standard InChI is InChI=1S/C23H26N2/c1-3-9-20(10-4-1)17-24(18-21-11-5-2-6-12-21)19-22-13-7-15-25-16-8-14-23(22)25/h1-6,8-12,14,16,22H,7,13,15,17-19H2. The molecule has 128 valence electrons. The van der Waals surface area contributed by atoms with Gasteiger partial charge in [0.1, 0.15) is 0 Å². The average Bonchev–Trinajstić information content (AvgIpc) is 3.13. The lowest BCUT2D eigenvalue weighted by atomic mass is 9.95. The maximum atomic E-state index is 2.61. The molecule has 1 aliphatic rings. The zero-order chi connectivity index (χ0) is 16.9. The molecule has 2 heterocycles. The molecule has 3 aromatic rings. The summed E-state index contributed by atoms with van der Waals surface area (Å²) in [4.78, 5) is 2.61. The van der Waals surface area contributed by atoms with Gasteiger partial charge in [-0.3, -0.25) is 4.90 Å². The fraction of sp³-hybridized carbons (Fsp3) is 0.304. The molecule has 0 amide bonds. The number of aryl methyl sites for hydroxylation is 1. The van der Waals surface area contributed by atoms with Crippen LogP contribution in [-0.2, 0) is 19.6 Å². The molecule has 2 nitrogen and oxygen atoms in total. The number of aromatic nitrogens is 1. The van der Waals surface area contributed by atoms with E-state index in [0.29, 0.717) is 5.92 Å². The highest BCUT2D eigenvalue weighted by Crippen LogP contribution is 2.29. The molecular formula is C23H26N2. The molecule has 0 fully saturated rings. The van der Waals surface area contributed by atoms with Crippen molar-refractivity contribution in [2.45, 2.75) is 38.4 Å². The highest BCUT2D eigenvalue weighted by Gasteiger charge is 2.22. The van der Waals surface area contributed by atoms with E-state index in [0.717, 1.165) is 19.6 Å². The zero-order valence-corrected chi connectivity index (χ0v) is 14.7. The summed E-state index contributed by atoms with van der Waals surface area (Å²) in [7, 11) is 0.